The van der Waals surface area contributed by atoms with Crippen molar-refractivity contribution in [1.29, 1.82) is 0 Å². The minimum Gasteiger partial charge on any atom is -0.507 e. The number of anilines is 3. The molecule has 0 amide bonds. The molecule has 4 rings (SSSR count). The summed E-state index contributed by atoms with van der Waals surface area (Å²) in [4.78, 5) is 13.9. The number of phenolic OH excluding ortho intramolecular Hbond substituents is 1. The lowest BCUT2D eigenvalue weighted by atomic mass is 10.2. The molecule has 1 aromatic carbocycles. The van der Waals surface area contributed by atoms with Gasteiger partial charge in [0.25, 0.3) is 0 Å². The molecule has 2 fully saturated rings. The largest absolute Gasteiger partial charge is 0.507 e. The molecule has 8 heteroatoms. The van der Waals surface area contributed by atoms with Crippen molar-refractivity contribution in [2.24, 2.45) is 5.10 Å². The van der Waals surface area contributed by atoms with Crippen LogP contribution in [0.3, 0.4) is 0 Å². The minimum absolute atomic E-state index is 0.128. The van der Waals surface area contributed by atoms with Crippen LogP contribution in [0.5, 0.6) is 5.75 Å². The van der Waals surface area contributed by atoms with Gasteiger partial charge in [-0.05, 0) is 43.9 Å². The van der Waals surface area contributed by atoms with Gasteiger partial charge in [-0.3, -0.25) is 5.43 Å². The summed E-state index contributed by atoms with van der Waals surface area (Å²) < 4.78 is 0. The molecular weight excluding hydrogens is 364 g/mol. The highest BCUT2D eigenvalue weighted by Gasteiger charge is 2.20. The van der Waals surface area contributed by atoms with Crippen molar-refractivity contribution in [3.05, 3.63) is 34.9 Å². The Morgan fingerprint density at radius 3 is 2.44 bits per heavy atom. The molecule has 0 aliphatic carbocycles. The third-order valence-corrected chi connectivity index (χ3v) is 5.13. The Labute approximate surface area is 163 Å². The molecule has 142 valence electrons. The molecule has 3 heterocycles. The number of phenols is 1. The second kappa shape index (κ2) is 8.00. The SMILES string of the molecule is Oc1ccc(Cl)cc1C=NNc1cc(N2CCCC2)nc(N2CCCC2)n1. The van der Waals surface area contributed by atoms with E-state index in [0.717, 1.165) is 37.9 Å². The summed E-state index contributed by atoms with van der Waals surface area (Å²) in [6, 6.07) is 6.77. The van der Waals surface area contributed by atoms with Gasteiger partial charge in [-0.1, -0.05) is 11.6 Å². The molecule has 0 atom stereocenters. The highest BCUT2D eigenvalue weighted by Crippen LogP contribution is 2.25. The Bertz CT molecular complexity index is 797. The van der Waals surface area contributed by atoms with Gasteiger partial charge in [-0.15, -0.1) is 0 Å². The number of aromatic hydroxyl groups is 1. The van der Waals surface area contributed by atoms with Crippen LogP contribution in [0, 0.1) is 0 Å². The molecule has 2 aliphatic rings. The maximum Gasteiger partial charge on any atom is 0.229 e. The highest BCUT2D eigenvalue weighted by atomic mass is 35.5. The summed E-state index contributed by atoms with van der Waals surface area (Å²) in [5, 5.41) is 14.7. The Hall–Kier alpha value is -2.54. The van der Waals surface area contributed by atoms with Crippen molar-refractivity contribution in [3.8, 4) is 5.75 Å². The number of hydrazone groups is 1. The highest BCUT2D eigenvalue weighted by molar-refractivity contribution is 6.30. The van der Waals surface area contributed by atoms with Gasteiger partial charge in [-0.25, -0.2) is 0 Å². The Morgan fingerprint density at radius 2 is 1.70 bits per heavy atom. The first-order chi connectivity index (χ1) is 13.2. The normalized spacial score (nSPS) is 17.2. The number of benzene rings is 1. The van der Waals surface area contributed by atoms with Crippen molar-refractivity contribution in [3.63, 3.8) is 0 Å². The summed E-state index contributed by atoms with van der Waals surface area (Å²) in [5.74, 6) is 2.46. The number of halogens is 1. The molecule has 2 aliphatic heterocycles. The van der Waals surface area contributed by atoms with Gasteiger partial charge in [-0.2, -0.15) is 15.1 Å². The second-order valence-electron chi connectivity index (χ2n) is 6.87. The van der Waals surface area contributed by atoms with E-state index in [4.69, 9.17) is 16.6 Å². The standard InChI is InChI=1S/C19H23ClN6O/c20-15-5-6-16(27)14(11-15)13-21-24-17-12-18(25-7-1-2-8-25)23-19(22-17)26-9-3-4-10-26/h5-6,11-13,27H,1-4,7-10H2,(H,22,23,24). The molecule has 1 aromatic heterocycles. The lowest BCUT2D eigenvalue weighted by Crippen LogP contribution is -2.24. The molecule has 2 aromatic rings. The van der Waals surface area contributed by atoms with Crippen LogP contribution >= 0.6 is 11.6 Å². The smallest absolute Gasteiger partial charge is 0.229 e. The number of hydrogen-bond donors (Lipinski definition) is 2. The van der Waals surface area contributed by atoms with Gasteiger partial charge < -0.3 is 14.9 Å². The molecule has 0 unspecified atom stereocenters. The molecule has 27 heavy (non-hydrogen) atoms. The van der Waals surface area contributed by atoms with E-state index in [-0.39, 0.29) is 5.75 Å². The van der Waals surface area contributed by atoms with Crippen molar-refractivity contribution in [1.82, 2.24) is 9.97 Å². The maximum atomic E-state index is 9.89. The number of hydrogen-bond acceptors (Lipinski definition) is 7. The molecule has 7 nitrogen and oxygen atoms in total. The zero-order chi connectivity index (χ0) is 18.6. The first-order valence-corrected chi connectivity index (χ1v) is 9.73. The van der Waals surface area contributed by atoms with E-state index in [1.165, 1.54) is 31.9 Å². The van der Waals surface area contributed by atoms with Crippen molar-refractivity contribution in [2.75, 3.05) is 41.4 Å². The van der Waals surface area contributed by atoms with Gasteiger partial charge in [0.1, 0.15) is 11.6 Å². The van der Waals surface area contributed by atoms with E-state index in [1.807, 2.05) is 6.07 Å². The minimum atomic E-state index is 0.128. The number of nitrogens with zero attached hydrogens (tertiary/aromatic N) is 5. The Balaban J connectivity index is 1.56. The molecule has 0 bridgehead atoms. The first kappa shape index (κ1) is 17.9. The monoisotopic (exact) mass is 386 g/mol. The molecule has 0 spiro atoms. The van der Waals surface area contributed by atoms with Crippen molar-refractivity contribution < 1.29 is 5.11 Å². The third-order valence-electron chi connectivity index (χ3n) is 4.89. The van der Waals surface area contributed by atoms with E-state index in [9.17, 15) is 5.11 Å². The fraction of sp³-hybridized carbons (Fsp3) is 0.421. The van der Waals surface area contributed by atoms with Gasteiger partial charge in [0.05, 0.1) is 6.21 Å². The van der Waals surface area contributed by atoms with Crippen LogP contribution in [-0.4, -0.2) is 47.5 Å². The Kier molecular flexibility index (Phi) is 5.29. The summed E-state index contributed by atoms with van der Waals surface area (Å²) in [6.45, 7) is 4.02. The van der Waals surface area contributed by atoms with Gasteiger partial charge in [0.15, 0.2) is 5.82 Å². The predicted molar refractivity (Wildman–Crippen MR) is 109 cm³/mol. The van der Waals surface area contributed by atoms with Gasteiger partial charge in [0.2, 0.25) is 5.95 Å². The maximum absolute atomic E-state index is 9.89. The van der Waals surface area contributed by atoms with E-state index < -0.39 is 0 Å². The van der Waals surface area contributed by atoms with Crippen LogP contribution in [0.1, 0.15) is 31.2 Å². The zero-order valence-electron chi connectivity index (χ0n) is 15.1. The molecule has 0 radical (unpaired) electrons. The number of rotatable bonds is 5. The second-order valence-corrected chi connectivity index (χ2v) is 7.31. The summed E-state index contributed by atoms with van der Waals surface area (Å²) >= 11 is 5.97. The molecular formula is C19H23ClN6O. The summed E-state index contributed by atoms with van der Waals surface area (Å²) in [5.41, 5.74) is 3.52. The van der Waals surface area contributed by atoms with Crippen LogP contribution < -0.4 is 15.2 Å². The van der Waals surface area contributed by atoms with E-state index in [0.29, 0.717) is 16.4 Å². The lowest BCUT2D eigenvalue weighted by Gasteiger charge is -2.21. The van der Waals surface area contributed by atoms with Crippen LogP contribution in [-0.2, 0) is 0 Å². The zero-order valence-corrected chi connectivity index (χ0v) is 15.9. The van der Waals surface area contributed by atoms with Crippen LogP contribution in [0.25, 0.3) is 0 Å². The van der Waals surface area contributed by atoms with E-state index in [1.54, 1.807) is 18.2 Å². The average Bonchev–Trinajstić information content (AvgIpc) is 3.38. The van der Waals surface area contributed by atoms with E-state index in [2.05, 4.69) is 25.3 Å². The third kappa shape index (κ3) is 4.24. The van der Waals surface area contributed by atoms with Crippen LogP contribution in [0.15, 0.2) is 29.4 Å². The summed E-state index contributed by atoms with van der Waals surface area (Å²) in [6.07, 6.45) is 6.27. The number of nitrogens with one attached hydrogen (secondary N) is 1. The Morgan fingerprint density at radius 1 is 1.00 bits per heavy atom. The molecule has 0 saturated carbocycles. The van der Waals surface area contributed by atoms with Crippen molar-refractivity contribution in [2.45, 2.75) is 25.7 Å². The van der Waals surface area contributed by atoms with Gasteiger partial charge >= 0.3 is 0 Å². The van der Waals surface area contributed by atoms with Crippen LogP contribution in [0.4, 0.5) is 17.6 Å². The summed E-state index contributed by atoms with van der Waals surface area (Å²) in [7, 11) is 0. The van der Waals surface area contributed by atoms with Gasteiger partial charge in [0, 0.05) is 42.8 Å². The first-order valence-electron chi connectivity index (χ1n) is 9.36. The topological polar surface area (TPSA) is 76.9 Å². The van der Waals surface area contributed by atoms with Crippen molar-refractivity contribution >= 4 is 35.4 Å². The predicted octanol–water partition coefficient (Wildman–Crippen LogP) is 3.48. The molecule has 2 N–H and O–H groups in total. The number of aromatic nitrogens is 2. The molecule has 2 saturated heterocycles. The average molecular weight is 387 g/mol. The quantitative estimate of drug-likeness (QED) is 0.605. The fourth-order valence-corrected chi connectivity index (χ4v) is 3.62. The fourth-order valence-electron chi connectivity index (χ4n) is 3.44. The van der Waals surface area contributed by atoms with E-state index >= 15 is 0 Å². The van der Waals surface area contributed by atoms with Crippen LogP contribution in [0.2, 0.25) is 5.02 Å². The lowest BCUT2D eigenvalue weighted by molar-refractivity contribution is 0.474.